The molecule has 3 rings (SSSR count). The van der Waals surface area contributed by atoms with Crippen molar-refractivity contribution >= 4 is 40.0 Å². The highest BCUT2D eigenvalue weighted by Gasteiger charge is 2.28. The number of benzene rings is 1. The van der Waals surface area contributed by atoms with Crippen molar-refractivity contribution in [3.05, 3.63) is 17.2 Å². The predicted octanol–water partition coefficient (Wildman–Crippen LogP) is 2.97. The molecule has 1 aromatic heterocycles. The Bertz CT molecular complexity index is 718. The highest BCUT2D eigenvalue weighted by Crippen LogP contribution is 2.35. The van der Waals surface area contributed by atoms with Gasteiger partial charge in [-0.1, -0.05) is 11.6 Å². The Hall–Kier alpha value is -1.79. The SMILES string of the molecule is CCNc1nc2cc(Cl)c(N3CC(CCO)C3)cc2nc1NCC. The second-order valence-electron chi connectivity index (χ2n) is 6.06. The molecule has 0 amide bonds. The smallest absolute Gasteiger partial charge is 0.169 e. The molecule has 1 aliphatic rings. The van der Waals surface area contributed by atoms with Crippen LogP contribution < -0.4 is 15.5 Å². The van der Waals surface area contributed by atoms with Crippen LogP contribution >= 0.6 is 11.6 Å². The number of fused-ring (bicyclic) bond motifs is 1. The Morgan fingerprint density at radius 1 is 1.12 bits per heavy atom. The molecule has 0 saturated carbocycles. The Labute approximate surface area is 147 Å². The molecule has 1 fully saturated rings. The number of anilines is 3. The largest absolute Gasteiger partial charge is 0.396 e. The summed E-state index contributed by atoms with van der Waals surface area (Å²) in [5.74, 6) is 2.06. The quantitative estimate of drug-likeness (QED) is 0.713. The van der Waals surface area contributed by atoms with Crippen LogP contribution in [-0.4, -0.2) is 47.9 Å². The van der Waals surface area contributed by atoms with E-state index in [2.05, 4.69) is 20.5 Å². The van der Waals surface area contributed by atoms with E-state index in [4.69, 9.17) is 21.7 Å². The van der Waals surface area contributed by atoms with Gasteiger partial charge in [0.15, 0.2) is 11.6 Å². The van der Waals surface area contributed by atoms with Gasteiger partial charge in [-0.15, -0.1) is 0 Å². The fourth-order valence-electron chi connectivity index (χ4n) is 3.02. The molecule has 7 heteroatoms. The molecular formula is C17H24ClN5O. The van der Waals surface area contributed by atoms with Gasteiger partial charge in [0, 0.05) is 32.8 Å². The van der Waals surface area contributed by atoms with Crippen molar-refractivity contribution in [2.45, 2.75) is 20.3 Å². The number of hydrogen-bond donors (Lipinski definition) is 3. The Morgan fingerprint density at radius 2 is 1.71 bits per heavy atom. The molecular weight excluding hydrogens is 326 g/mol. The van der Waals surface area contributed by atoms with Crippen molar-refractivity contribution in [2.24, 2.45) is 5.92 Å². The maximum Gasteiger partial charge on any atom is 0.169 e. The minimum Gasteiger partial charge on any atom is -0.396 e. The number of aromatic nitrogens is 2. The third-order valence-corrected chi connectivity index (χ3v) is 4.56. The number of hydrogen-bond acceptors (Lipinski definition) is 6. The van der Waals surface area contributed by atoms with Gasteiger partial charge in [0.25, 0.3) is 0 Å². The first kappa shape index (κ1) is 17.0. The highest BCUT2D eigenvalue weighted by molar-refractivity contribution is 6.34. The second-order valence-corrected chi connectivity index (χ2v) is 6.46. The number of halogens is 1. The van der Waals surface area contributed by atoms with Gasteiger partial charge >= 0.3 is 0 Å². The summed E-state index contributed by atoms with van der Waals surface area (Å²) in [5, 5.41) is 16.2. The van der Waals surface area contributed by atoms with Crippen LogP contribution in [0, 0.1) is 5.92 Å². The lowest BCUT2D eigenvalue weighted by Crippen LogP contribution is -2.47. The molecule has 0 aliphatic carbocycles. The van der Waals surface area contributed by atoms with Gasteiger partial charge in [-0.3, -0.25) is 0 Å². The Kier molecular flexibility index (Phi) is 5.26. The lowest BCUT2D eigenvalue weighted by atomic mass is 9.96. The summed E-state index contributed by atoms with van der Waals surface area (Å²) in [7, 11) is 0. The Morgan fingerprint density at radius 3 is 2.25 bits per heavy atom. The third kappa shape index (κ3) is 3.35. The third-order valence-electron chi connectivity index (χ3n) is 4.26. The molecule has 0 unspecified atom stereocenters. The first-order valence-corrected chi connectivity index (χ1v) is 8.88. The molecule has 0 radical (unpaired) electrons. The summed E-state index contributed by atoms with van der Waals surface area (Å²) in [4.78, 5) is 11.6. The predicted molar refractivity (Wildman–Crippen MR) is 100 cm³/mol. The van der Waals surface area contributed by atoms with Crippen LogP contribution in [-0.2, 0) is 0 Å². The number of aliphatic hydroxyl groups excluding tert-OH is 1. The van der Waals surface area contributed by atoms with Crippen LogP contribution in [0.3, 0.4) is 0 Å². The van der Waals surface area contributed by atoms with Gasteiger partial charge < -0.3 is 20.6 Å². The molecule has 1 aliphatic heterocycles. The van der Waals surface area contributed by atoms with Crippen molar-refractivity contribution in [3.8, 4) is 0 Å². The molecule has 0 spiro atoms. The minimum absolute atomic E-state index is 0.245. The molecule has 3 N–H and O–H groups in total. The molecule has 2 aromatic rings. The first-order valence-electron chi connectivity index (χ1n) is 8.51. The van der Waals surface area contributed by atoms with E-state index in [9.17, 15) is 0 Å². The number of nitrogens with zero attached hydrogens (tertiary/aromatic N) is 3. The van der Waals surface area contributed by atoms with E-state index in [0.29, 0.717) is 10.9 Å². The summed E-state index contributed by atoms with van der Waals surface area (Å²) in [5.41, 5.74) is 2.61. The van der Waals surface area contributed by atoms with Gasteiger partial charge in [-0.25, -0.2) is 9.97 Å². The van der Waals surface area contributed by atoms with Crippen molar-refractivity contribution in [1.29, 1.82) is 0 Å². The molecule has 0 bridgehead atoms. The molecule has 0 atom stereocenters. The van der Waals surface area contributed by atoms with E-state index in [1.54, 1.807) is 0 Å². The highest BCUT2D eigenvalue weighted by atomic mass is 35.5. The lowest BCUT2D eigenvalue weighted by molar-refractivity contribution is 0.239. The molecule has 24 heavy (non-hydrogen) atoms. The van der Waals surface area contributed by atoms with Crippen LogP contribution in [0.15, 0.2) is 12.1 Å². The number of rotatable bonds is 7. The average molecular weight is 350 g/mol. The van der Waals surface area contributed by atoms with Gasteiger partial charge in [0.1, 0.15) is 0 Å². The van der Waals surface area contributed by atoms with E-state index in [1.807, 2.05) is 26.0 Å². The van der Waals surface area contributed by atoms with Crippen molar-refractivity contribution < 1.29 is 5.11 Å². The van der Waals surface area contributed by atoms with Gasteiger partial charge in [0.2, 0.25) is 0 Å². The zero-order valence-electron chi connectivity index (χ0n) is 14.1. The maximum atomic E-state index is 9.03. The van der Waals surface area contributed by atoms with Crippen molar-refractivity contribution in [2.75, 3.05) is 48.3 Å². The normalized spacial score (nSPS) is 14.8. The van der Waals surface area contributed by atoms with Crippen LogP contribution in [0.4, 0.5) is 17.3 Å². The monoisotopic (exact) mass is 349 g/mol. The number of nitrogens with one attached hydrogen (secondary N) is 2. The van der Waals surface area contributed by atoms with Gasteiger partial charge in [-0.2, -0.15) is 0 Å². The average Bonchev–Trinajstić information content (AvgIpc) is 2.52. The topological polar surface area (TPSA) is 73.3 Å². The van der Waals surface area contributed by atoms with E-state index >= 15 is 0 Å². The van der Waals surface area contributed by atoms with Crippen LogP contribution in [0.2, 0.25) is 5.02 Å². The van der Waals surface area contributed by atoms with E-state index < -0.39 is 0 Å². The molecule has 130 valence electrons. The van der Waals surface area contributed by atoms with Crippen LogP contribution in [0.1, 0.15) is 20.3 Å². The van der Waals surface area contributed by atoms with Crippen molar-refractivity contribution in [1.82, 2.24) is 9.97 Å². The van der Waals surface area contributed by atoms with Crippen molar-refractivity contribution in [3.63, 3.8) is 0 Å². The molecule has 1 aromatic carbocycles. The molecule has 2 heterocycles. The number of aliphatic hydroxyl groups is 1. The first-order chi connectivity index (χ1) is 11.7. The van der Waals surface area contributed by atoms with Crippen LogP contribution in [0.5, 0.6) is 0 Å². The van der Waals surface area contributed by atoms with Crippen LogP contribution in [0.25, 0.3) is 11.0 Å². The van der Waals surface area contributed by atoms with E-state index in [1.165, 1.54) is 0 Å². The summed E-state index contributed by atoms with van der Waals surface area (Å²) in [6, 6.07) is 3.89. The standard InChI is InChI=1S/C17H24ClN5O/c1-3-19-16-17(20-4-2)22-14-8-15(12(18)7-13(14)21-16)23-9-11(10-23)5-6-24/h7-8,11,24H,3-6,9-10H2,1-2H3,(H,19,21)(H,20,22). The minimum atomic E-state index is 0.245. The van der Waals surface area contributed by atoms with Gasteiger partial charge in [-0.05, 0) is 38.3 Å². The van der Waals surface area contributed by atoms with E-state index in [0.717, 1.165) is 61.0 Å². The fraction of sp³-hybridized carbons (Fsp3) is 0.529. The summed E-state index contributed by atoms with van der Waals surface area (Å²) in [6.07, 6.45) is 0.845. The van der Waals surface area contributed by atoms with Gasteiger partial charge in [0.05, 0.1) is 21.7 Å². The summed E-state index contributed by atoms with van der Waals surface area (Å²) < 4.78 is 0. The molecule has 1 saturated heterocycles. The summed E-state index contributed by atoms with van der Waals surface area (Å²) >= 11 is 6.47. The summed E-state index contributed by atoms with van der Waals surface area (Å²) in [6.45, 7) is 7.73. The Balaban J connectivity index is 1.93. The van der Waals surface area contributed by atoms with E-state index in [-0.39, 0.29) is 6.61 Å². The fourth-order valence-corrected chi connectivity index (χ4v) is 3.30. The zero-order chi connectivity index (χ0) is 17.1. The molecule has 6 nitrogen and oxygen atoms in total. The lowest BCUT2D eigenvalue weighted by Gasteiger charge is -2.41. The zero-order valence-corrected chi connectivity index (χ0v) is 14.9. The second kappa shape index (κ2) is 7.40. The maximum absolute atomic E-state index is 9.03.